The molecule has 6 nitrogen and oxygen atoms in total. The van der Waals surface area contributed by atoms with Crippen molar-refractivity contribution < 1.29 is 4.79 Å². The summed E-state index contributed by atoms with van der Waals surface area (Å²) < 4.78 is 0. The Bertz CT molecular complexity index is 450. The summed E-state index contributed by atoms with van der Waals surface area (Å²) in [5.41, 5.74) is 0. The van der Waals surface area contributed by atoms with Crippen molar-refractivity contribution in [3.63, 3.8) is 0 Å². The third kappa shape index (κ3) is 3.67. The summed E-state index contributed by atoms with van der Waals surface area (Å²) >= 11 is 1.34. The lowest BCUT2D eigenvalue weighted by Crippen LogP contribution is -2.47. The van der Waals surface area contributed by atoms with E-state index in [-0.39, 0.29) is 11.9 Å². The summed E-state index contributed by atoms with van der Waals surface area (Å²) in [5, 5.41) is 12.4. The number of piperidine rings is 1. The number of likely N-dealkylation sites (N-methyl/N-ethyl adjacent to an activating group) is 2. The van der Waals surface area contributed by atoms with Crippen LogP contribution >= 0.6 is 11.3 Å². The Morgan fingerprint density at radius 2 is 2.35 bits per heavy atom. The van der Waals surface area contributed by atoms with Crippen molar-refractivity contribution in [1.29, 1.82) is 0 Å². The number of aromatic nitrogens is 2. The standard InChI is InChI=1S/C13H23N5OS/c1-4-7-14-13-16-15-11(20-13)12(19)18(3)10-6-5-8-17(2)9-10/h10H,4-9H2,1-3H3,(H,14,16). The van der Waals surface area contributed by atoms with Gasteiger partial charge in [0, 0.05) is 26.2 Å². The van der Waals surface area contributed by atoms with Crippen LogP contribution in [0.5, 0.6) is 0 Å². The topological polar surface area (TPSA) is 61.4 Å². The van der Waals surface area contributed by atoms with Gasteiger partial charge in [0.05, 0.1) is 0 Å². The van der Waals surface area contributed by atoms with E-state index in [4.69, 9.17) is 0 Å². The highest BCUT2D eigenvalue weighted by Gasteiger charge is 2.27. The van der Waals surface area contributed by atoms with E-state index in [1.807, 2.05) is 11.9 Å². The van der Waals surface area contributed by atoms with Crippen LogP contribution in [0.4, 0.5) is 5.13 Å². The Labute approximate surface area is 124 Å². The lowest BCUT2D eigenvalue weighted by molar-refractivity contribution is 0.0643. The molecule has 112 valence electrons. The molecule has 1 unspecified atom stereocenters. The fourth-order valence-electron chi connectivity index (χ4n) is 2.39. The Kier molecular flexibility index (Phi) is 5.31. The number of carbonyl (C=O) groups excluding carboxylic acids is 1. The molecule has 0 aliphatic carbocycles. The molecule has 1 N–H and O–H groups in total. The Hall–Kier alpha value is -1.21. The average Bonchev–Trinajstić information content (AvgIpc) is 2.92. The average molecular weight is 297 g/mol. The minimum Gasteiger partial charge on any atom is -0.360 e. The zero-order valence-corrected chi connectivity index (χ0v) is 13.2. The first kappa shape index (κ1) is 15.2. The molecule has 1 atom stereocenters. The first-order chi connectivity index (χ1) is 9.61. The number of hydrogen-bond acceptors (Lipinski definition) is 6. The molecule has 1 amide bonds. The van der Waals surface area contributed by atoms with E-state index < -0.39 is 0 Å². The normalized spacial score (nSPS) is 19.9. The van der Waals surface area contributed by atoms with Gasteiger partial charge in [-0.3, -0.25) is 4.79 Å². The number of carbonyl (C=O) groups is 1. The molecule has 2 heterocycles. The van der Waals surface area contributed by atoms with Crippen LogP contribution in [-0.4, -0.2) is 65.7 Å². The van der Waals surface area contributed by atoms with Crippen LogP contribution in [0.25, 0.3) is 0 Å². The minimum absolute atomic E-state index is 0.0210. The van der Waals surface area contributed by atoms with Gasteiger partial charge in [-0.1, -0.05) is 18.3 Å². The molecular weight excluding hydrogens is 274 g/mol. The van der Waals surface area contributed by atoms with E-state index in [1.54, 1.807) is 0 Å². The maximum Gasteiger partial charge on any atom is 0.284 e. The highest BCUT2D eigenvalue weighted by atomic mass is 32.1. The van der Waals surface area contributed by atoms with Crippen molar-refractivity contribution in [2.45, 2.75) is 32.2 Å². The van der Waals surface area contributed by atoms with Gasteiger partial charge in [-0.25, -0.2) is 0 Å². The Balaban J connectivity index is 1.97. The zero-order valence-electron chi connectivity index (χ0n) is 12.4. The van der Waals surface area contributed by atoms with Crippen molar-refractivity contribution in [2.24, 2.45) is 0 Å². The highest BCUT2D eigenvalue weighted by Crippen LogP contribution is 2.20. The first-order valence-electron chi connectivity index (χ1n) is 7.15. The fraction of sp³-hybridized carbons (Fsp3) is 0.769. The first-order valence-corrected chi connectivity index (χ1v) is 7.96. The quantitative estimate of drug-likeness (QED) is 0.893. The number of likely N-dealkylation sites (tertiary alicyclic amines) is 1. The Morgan fingerprint density at radius 1 is 1.55 bits per heavy atom. The fourth-order valence-corrected chi connectivity index (χ4v) is 3.14. The monoisotopic (exact) mass is 297 g/mol. The molecule has 1 aromatic rings. The Morgan fingerprint density at radius 3 is 3.05 bits per heavy atom. The van der Waals surface area contributed by atoms with Gasteiger partial charge in [0.25, 0.3) is 5.91 Å². The van der Waals surface area contributed by atoms with Gasteiger partial charge in [-0.2, -0.15) is 0 Å². The zero-order chi connectivity index (χ0) is 14.5. The van der Waals surface area contributed by atoms with E-state index in [9.17, 15) is 4.79 Å². The van der Waals surface area contributed by atoms with Crippen molar-refractivity contribution >= 4 is 22.4 Å². The van der Waals surface area contributed by atoms with Crippen LogP contribution in [-0.2, 0) is 0 Å². The van der Waals surface area contributed by atoms with Crippen LogP contribution < -0.4 is 5.32 Å². The largest absolute Gasteiger partial charge is 0.360 e. The predicted octanol–water partition coefficient (Wildman–Crippen LogP) is 1.53. The van der Waals surface area contributed by atoms with Crippen LogP contribution in [0, 0.1) is 0 Å². The molecule has 0 spiro atoms. The van der Waals surface area contributed by atoms with Gasteiger partial charge in [-0.05, 0) is 32.9 Å². The molecule has 0 aromatic carbocycles. The smallest absolute Gasteiger partial charge is 0.284 e. The molecular formula is C13H23N5OS. The molecule has 7 heteroatoms. The molecule has 1 aromatic heterocycles. The maximum absolute atomic E-state index is 12.4. The summed E-state index contributed by atoms with van der Waals surface area (Å²) in [4.78, 5) is 16.5. The lowest BCUT2D eigenvalue weighted by atomic mass is 10.1. The number of amides is 1. The number of nitrogens with one attached hydrogen (secondary N) is 1. The number of hydrogen-bond donors (Lipinski definition) is 1. The van der Waals surface area contributed by atoms with E-state index in [0.717, 1.165) is 44.0 Å². The summed E-state index contributed by atoms with van der Waals surface area (Å²) in [5.74, 6) is -0.0210. The SMILES string of the molecule is CCCNc1nnc(C(=O)N(C)C2CCCN(C)C2)s1. The molecule has 1 fully saturated rings. The molecule has 0 bridgehead atoms. The van der Waals surface area contributed by atoms with Crippen molar-refractivity contribution in [1.82, 2.24) is 20.0 Å². The van der Waals surface area contributed by atoms with Gasteiger partial charge < -0.3 is 15.1 Å². The molecule has 0 radical (unpaired) electrons. The van der Waals surface area contributed by atoms with Crippen molar-refractivity contribution in [3.8, 4) is 0 Å². The third-order valence-electron chi connectivity index (χ3n) is 3.60. The highest BCUT2D eigenvalue weighted by molar-refractivity contribution is 7.17. The minimum atomic E-state index is -0.0210. The number of nitrogens with zero attached hydrogens (tertiary/aromatic N) is 4. The van der Waals surface area contributed by atoms with Gasteiger partial charge >= 0.3 is 0 Å². The van der Waals surface area contributed by atoms with Crippen LogP contribution in [0.1, 0.15) is 36.0 Å². The summed E-state index contributed by atoms with van der Waals surface area (Å²) in [7, 11) is 3.97. The summed E-state index contributed by atoms with van der Waals surface area (Å²) in [6.07, 6.45) is 3.22. The molecule has 1 aliphatic rings. The van der Waals surface area contributed by atoms with E-state index >= 15 is 0 Å². The summed E-state index contributed by atoms with van der Waals surface area (Å²) in [6, 6.07) is 0.275. The van der Waals surface area contributed by atoms with E-state index in [0.29, 0.717) is 5.01 Å². The van der Waals surface area contributed by atoms with Crippen molar-refractivity contribution in [2.75, 3.05) is 39.0 Å². The third-order valence-corrected chi connectivity index (χ3v) is 4.47. The molecule has 1 saturated heterocycles. The van der Waals surface area contributed by atoms with Crippen LogP contribution in [0.2, 0.25) is 0 Å². The van der Waals surface area contributed by atoms with Gasteiger partial charge in [0.1, 0.15) is 0 Å². The van der Waals surface area contributed by atoms with Crippen LogP contribution in [0.3, 0.4) is 0 Å². The molecule has 0 saturated carbocycles. The predicted molar refractivity (Wildman–Crippen MR) is 81.3 cm³/mol. The number of anilines is 1. The lowest BCUT2D eigenvalue weighted by Gasteiger charge is -2.35. The second kappa shape index (κ2) is 6.99. The molecule has 1 aliphatic heterocycles. The van der Waals surface area contributed by atoms with Crippen LogP contribution in [0.15, 0.2) is 0 Å². The van der Waals surface area contributed by atoms with Crippen molar-refractivity contribution in [3.05, 3.63) is 5.01 Å². The second-order valence-corrected chi connectivity index (χ2v) is 6.29. The van der Waals surface area contributed by atoms with Gasteiger partial charge in [0.15, 0.2) is 0 Å². The second-order valence-electron chi connectivity index (χ2n) is 5.31. The maximum atomic E-state index is 12.4. The van der Waals surface area contributed by atoms with E-state index in [1.165, 1.54) is 11.3 Å². The van der Waals surface area contributed by atoms with Gasteiger partial charge in [-0.15, -0.1) is 10.2 Å². The molecule has 20 heavy (non-hydrogen) atoms. The summed E-state index contributed by atoms with van der Waals surface area (Å²) in [6.45, 7) is 4.99. The number of rotatable bonds is 5. The molecule has 2 rings (SSSR count). The van der Waals surface area contributed by atoms with Gasteiger partial charge in [0.2, 0.25) is 10.1 Å². The van der Waals surface area contributed by atoms with E-state index in [2.05, 4.69) is 34.4 Å².